The standard InChI is InChI=1S/C8H10O4S.C8H10O3S.C8H10O2S.C7H5F3O3S.C7H5F3O2S.C7H10S.C6H5ClO2S.C6H5FO2S/c1-5-4-6(12-3-2-9)7(13-5)8(10)11;1-3-11-6-4-5(2)12-7(6)8(9)10;1-3-6-4-5(2)11-7(6)8(9)10;1-3-2-4(13-7(8,9)10)5(14-3)6(11)12;1-3-2-4(7(8,9)10)5(13-3)6(11)12;1-5-4-6(2)8-7(5)3;2*1-3-2-4(7)5(10-3)6(8)9/h4,9H,2-3H2,1H3,(H,10,11);4H,3H2,1-2H3,(H,9,10);4H,3H2,1-2H3,(H,9,10);2H,1H3,(H,11,12);2H,1H3,(H,11,12);4H,1-3H3;2*2H,1H3,(H,8,9). The number of aliphatic hydroxyl groups is 1. The van der Waals surface area contributed by atoms with Crippen LogP contribution in [-0.4, -0.2) is 109 Å². The first-order chi connectivity index (χ1) is 42.0. The van der Waals surface area contributed by atoms with Crippen molar-refractivity contribution in [1.29, 1.82) is 0 Å². The maximum absolute atomic E-state index is 12.5. The van der Waals surface area contributed by atoms with Crippen LogP contribution < -0.4 is 14.2 Å². The van der Waals surface area contributed by atoms with Crippen molar-refractivity contribution in [3.05, 3.63) is 154 Å². The number of aryl methyl sites for hydroxylation is 11. The molecule has 8 aromatic rings. The molecule has 0 saturated heterocycles. The molecule has 91 heavy (non-hydrogen) atoms. The summed E-state index contributed by atoms with van der Waals surface area (Å²) in [4.78, 5) is 81.4. The smallest absolute Gasteiger partial charge is 0.492 e. The summed E-state index contributed by atoms with van der Waals surface area (Å²) in [5.74, 6) is -8.33. The van der Waals surface area contributed by atoms with Crippen LogP contribution in [0, 0.1) is 75.1 Å². The summed E-state index contributed by atoms with van der Waals surface area (Å²) in [6, 6.07) is 12.3. The van der Waals surface area contributed by atoms with Crippen molar-refractivity contribution < 1.29 is 119 Å². The van der Waals surface area contributed by atoms with Crippen LogP contribution in [0.25, 0.3) is 0 Å². The SMILES string of the molecule is CCOc1cc(C)sc1C(=O)O.CCc1cc(C)sc1C(=O)O.Cc1cc(C(F)(F)F)c(C(=O)O)s1.Cc1cc(C)c(C)s1.Cc1cc(Cl)c(C(=O)O)s1.Cc1cc(F)c(C(=O)O)s1.Cc1cc(OC(F)(F)F)c(C(=O)O)s1.Cc1cc(OCCO)c(C(=O)O)s1. The van der Waals surface area contributed by atoms with Gasteiger partial charge in [-0.1, -0.05) is 18.5 Å². The van der Waals surface area contributed by atoms with E-state index in [4.69, 9.17) is 61.9 Å². The van der Waals surface area contributed by atoms with E-state index in [1.54, 1.807) is 25.1 Å². The number of hydrogen-bond donors (Lipinski definition) is 8. The van der Waals surface area contributed by atoms with E-state index >= 15 is 0 Å². The van der Waals surface area contributed by atoms with Crippen molar-refractivity contribution in [2.45, 2.75) is 102 Å². The maximum Gasteiger partial charge on any atom is 0.573 e. The highest BCUT2D eigenvalue weighted by Gasteiger charge is 2.37. The van der Waals surface area contributed by atoms with Crippen LogP contribution in [0.4, 0.5) is 30.7 Å². The molecular weight excluding hydrogens is 1400 g/mol. The molecule has 0 aliphatic carbocycles. The lowest BCUT2D eigenvalue weighted by atomic mass is 10.2. The summed E-state index contributed by atoms with van der Waals surface area (Å²) in [7, 11) is 0. The average molecular weight is 1460 g/mol. The van der Waals surface area contributed by atoms with Crippen LogP contribution in [0.1, 0.15) is 142 Å². The van der Waals surface area contributed by atoms with E-state index in [0.29, 0.717) is 54.0 Å². The molecule has 8 N–H and O–H groups in total. The number of carbonyl (C=O) groups is 7. The van der Waals surface area contributed by atoms with Gasteiger partial charge >= 0.3 is 54.3 Å². The Balaban J connectivity index is 0.000000522. The average Bonchev–Trinajstić information content (AvgIpc) is 1.81. The third-order valence-electron chi connectivity index (χ3n) is 10.1. The number of carboxylic acid groups (broad SMARTS) is 7. The molecule has 0 aliphatic heterocycles. The fraction of sp³-hybridized carbons (Fsp3) is 0.316. The lowest BCUT2D eigenvalue weighted by molar-refractivity contribution is -0.274. The van der Waals surface area contributed by atoms with E-state index in [0.717, 1.165) is 66.3 Å². The first-order valence-electron chi connectivity index (χ1n) is 25.4. The molecule has 0 fully saturated rings. The molecule has 0 amide bonds. The third kappa shape index (κ3) is 29.0. The van der Waals surface area contributed by atoms with Crippen LogP contribution in [0.2, 0.25) is 5.02 Å². The van der Waals surface area contributed by atoms with Crippen molar-refractivity contribution >= 4 is 144 Å². The molecule has 0 saturated carbocycles. The van der Waals surface area contributed by atoms with E-state index in [2.05, 4.69) is 31.6 Å². The van der Waals surface area contributed by atoms with Crippen LogP contribution in [-0.2, 0) is 12.6 Å². The monoisotopic (exact) mass is 1460 g/mol. The summed E-state index contributed by atoms with van der Waals surface area (Å²) in [6.07, 6.45) is -8.65. The van der Waals surface area contributed by atoms with Crippen molar-refractivity contribution in [1.82, 2.24) is 0 Å². The first kappa shape index (κ1) is 82.1. The lowest BCUT2D eigenvalue weighted by Crippen LogP contribution is -2.18. The van der Waals surface area contributed by atoms with Gasteiger partial charge in [0.25, 0.3) is 0 Å². The molecule has 34 heteroatoms. The zero-order chi connectivity index (χ0) is 70.2. The van der Waals surface area contributed by atoms with Gasteiger partial charge in [0.05, 0.1) is 23.8 Å². The van der Waals surface area contributed by atoms with Crippen molar-refractivity contribution in [3.8, 4) is 17.2 Å². The number of hydrogen-bond acceptors (Lipinski definition) is 19. The van der Waals surface area contributed by atoms with E-state index < -0.39 is 81.2 Å². The highest BCUT2D eigenvalue weighted by Crippen LogP contribution is 2.37. The number of thiophene rings is 8. The summed E-state index contributed by atoms with van der Waals surface area (Å²) in [5.41, 5.74) is 1.30. The van der Waals surface area contributed by atoms with Gasteiger partial charge in [0.15, 0.2) is 20.4 Å². The second-order valence-electron chi connectivity index (χ2n) is 17.7. The van der Waals surface area contributed by atoms with Crippen molar-refractivity contribution in [2.24, 2.45) is 0 Å². The quantitative estimate of drug-likeness (QED) is 0.0469. The van der Waals surface area contributed by atoms with E-state index in [1.165, 1.54) is 80.6 Å². The molecule has 500 valence electrons. The fourth-order valence-corrected chi connectivity index (χ4v) is 13.6. The van der Waals surface area contributed by atoms with E-state index in [1.807, 2.05) is 58.9 Å². The fourth-order valence-electron chi connectivity index (χ4n) is 6.56. The molecular formula is C57H60ClF7O18S8. The Morgan fingerprint density at radius 2 is 0.791 bits per heavy atom. The largest absolute Gasteiger partial charge is 0.573 e. The molecule has 0 spiro atoms. The number of ether oxygens (including phenoxy) is 3. The second kappa shape index (κ2) is 38.2. The van der Waals surface area contributed by atoms with Gasteiger partial charge < -0.3 is 55.1 Å². The van der Waals surface area contributed by atoms with Crippen LogP contribution in [0.3, 0.4) is 0 Å². The van der Waals surface area contributed by atoms with Crippen LogP contribution in [0.15, 0.2) is 48.5 Å². The summed E-state index contributed by atoms with van der Waals surface area (Å²) >= 11 is 14.7. The molecule has 0 aliphatic rings. The minimum atomic E-state index is -4.86. The molecule has 8 aromatic heterocycles. The van der Waals surface area contributed by atoms with Gasteiger partial charge in [-0.25, -0.2) is 38.0 Å². The molecule has 0 aromatic carbocycles. The van der Waals surface area contributed by atoms with Gasteiger partial charge in [0, 0.05) is 43.9 Å². The van der Waals surface area contributed by atoms with E-state index in [-0.39, 0.29) is 32.7 Å². The molecule has 8 heterocycles. The summed E-state index contributed by atoms with van der Waals surface area (Å²) in [6.45, 7) is 22.8. The van der Waals surface area contributed by atoms with E-state index in [9.17, 15) is 64.3 Å². The number of aromatic carboxylic acids is 7. The Bertz CT molecular complexity index is 3650. The highest BCUT2D eigenvalue weighted by atomic mass is 35.5. The molecule has 8 rings (SSSR count). The minimum Gasteiger partial charge on any atom is -0.492 e. The Hall–Kier alpha value is -6.95. The van der Waals surface area contributed by atoms with Crippen molar-refractivity contribution in [2.75, 3.05) is 19.8 Å². The van der Waals surface area contributed by atoms with Gasteiger partial charge in [0.2, 0.25) is 0 Å². The molecule has 0 atom stereocenters. The molecule has 0 bridgehead atoms. The summed E-state index contributed by atoms with van der Waals surface area (Å²) in [5, 5.41) is 68.9. The summed E-state index contributed by atoms with van der Waals surface area (Å²) < 4.78 is 98.1. The van der Waals surface area contributed by atoms with Gasteiger partial charge in [-0.15, -0.1) is 104 Å². The number of aliphatic hydroxyl groups excluding tert-OH is 1. The second-order valence-corrected chi connectivity index (χ2v) is 28.3. The predicted octanol–water partition coefficient (Wildman–Crippen LogP) is 18.0. The van der Waals surface area contributed by atoms with Gasteiger partial charge in [-0.05, 0) is 142 Å². The number of rotatable bonds is 14. The minimum absolute atomic E-state index is 0.117. The zero-order valence-electron chi connectivity index (χ0n) is 49.9. The van der Waals surface area contributed by atoms with Crippen molar-refractivity contribution in [3.63, 3.8) is 0 Å². The zero-order valence-corrected chi connectivity index (χ0v) is 57.2. The highest BCUT2D eigenvalue weighted by molar-refractivity contribution is 7.16. The number of alkyl halides is 6. The molecule has 0 unspecified atom stereocenters. The maximum atomic E-state index is 12.5. The predicted molar refractivity (Wildman–Crippen MR) is 340 cm³/mol. The van der Waals surface area contributed by atoms with Crippen LogP contribution in [0.5, 0.6) is 17.2 Å². The van der Waals surface area contributed by atoms with Gasteiger partial charge in [-0.2, -0.15) is 13.2 Å². The van der Waals surface area contributed by atoms with Gasteiger partial charge in [-0.3, -0.25) is 0 Å². The normalized spacial score (nSPS) is 10.4. The Labute approximate surface area is 552 Å². The Morgan fingerprint density at radius 1 is 0.440 bits per heavy atom. The Morgan fingerprint density at radius 3 is 1.08 bits per heavy atom. The topological polar surface area (TPSA) is 309 Å². The Kier molecular flexibility index (Phi) is 34.4. The number of carboxylic acids is 7. The molecule has 18 nitrogen and oxygen atoms in total. The van der Waals surface area contributed by atoms with Crippen LogP contribution >= 0.6 is 102 Å². The van der Waals surface area contributed by atoms with Gasteiger partial charge in [0.1, 0.15) is 43.4 Å². The lowest BCUT2D eigenvalue weighted by Gasteiger charge is -2.07. The first-order valence-corrected chi connectivity index (χ1v) is 32.3. The number of halogens is 8. The molecule has 0 radical (unpaired) electrons. The third-order valence-corrected chi connectivity index (χ3v) is 18.8.